The highest BCUT2D eigenvalue weighted by Crippen LogP contribution is 2.28. The van der Waals surface area contributed by atoms with Crippen LogP contribution in [0.5, 0.6) is 0 Å². The summed E-state index contributed by atoms with van der Waals surface area (Å²) in [7, 11) is 2.09. The molecule has 8 heteroatoms. The lowest BCUT2D eigenvalue weighted by Gasteiger charge is -2.52. The molecule has 2 heterocycles. The van der Waals surface area contributed by atoms with E-state index in [1.54, 1.807) is 18.2 Å². The lowest BCUT2D eigenvalue weighted by molar-refractivity contribution is -0.140. The molecule has 4 rings (SSSR count). The van der Waals surface area contributed by atoms with E-state index in [9.17, 15) is 14.0 Å². The van der Waals surface area contributed by atoms with E-state index < -0.39 is 0 Å². The highest BCUT2D eigenvalue weighted by molar-refractivity contribution is 6.31. The molecule has 1 N–H and O–H groups in total. The van der Waals surface area contributed by atoms with Gasteiger partial charge in [0.1, 0.15) is 5.82 Å². The van der Waals surface area contributed by atoms with E-state index in [2.05, 4.69) is 22.2 Å². The van der Waals surface area contributed by atoms with Crippen molar-refractivity contribution in [1.29, 1.82) is 0 Å². The molecule has 0 saturated carbocycles. The van der Waals surface area contributed by atoms with Gasteiger partial charge in [-0.15, -0.1) is 0 Å². The van der Waals surface area contributed by atoms with Crippen LogP contribution in [0, 0.1) is 12.7 Å². The molecule has 2 unspecified atom stereocenters. The highest BCUT2D eigenvalue weighted by Gasteiger charge is 2.41. The van der Waals surface area contributed by atoms with Gasteiger partial charge < -0.3 is 15.1 Å². The molecule has 34 heavy (non-hydrogen) atoms. The summed E-state index contributed by atoms with van der Waals surface area (Å²) in [5.74, 6) is -0.469. The van der Waals surface area contributed by atoms with E-state index in [1.807, 2.05) is 30.0 Å². The zero-order valence-electron chi connectivity index (χ0n) is 19.7. The molecule has 6 nitrogen and oxygen atoms in total. The first-order valence-electron chi connectivity index (χ1n) is 11.4. The summed E-state index contributed by atoms with van der Waals surface area (Å²) in [6.07, 6.45) is 3.34. The Kier molecular flexibility index (Phi) is 7.36. The average molecular weight is 485 g/mol. The smallest absolute Gasteiger partial charge is 0.247 e. The van der Waals surface area contributed by atoms with Crippen molar-refractivity contribution in [3.63, 3.8) is 0 Å². The first kappa shape index (κ1) is 24.4. The minimum Gasteiger partial charge on any atom is -0.328 e. The van der Waals surface area contributed by atoms with Crippen molar-refractivity contribution in [2.24, 2.45) is 0 Å². The third-order valence-electron chi connectivity index (χ3n) is 6.39. The van der Waals surface area contributed by atoms with Crippen molar-refractivity contribution in [3.05, 3.63) is 70.0 Å². The van der Waals surface area contributed by atoms with E-state index in [-0.39, 0.29) is 29.7 Å². The molecule has 2 aliphatic rings. The minimum atomic E-state index is -0.234. The molecule has 2 aliphatic heterocycles. The molecule has 180 valence electrons. The van der Waals surface area contributed by atoms with Gasteiger partial charge in [-0.25, -0.2) is 4.39 Å². The highest BCUT2D eigenvalue weighted by atomic mass is 35.5. The summed E-state index contributed by atoms with van der Waals surface area (Å²) in [5, 5.41) is 3.34. The van der Waals surface area contributed by atoms with Crippen molar-refractivity contribution in [3.8, 4) is 0 Å². The summed E-state index contributed by atoms with van der Waals surface area (Å²) < 4.78 is 13.3. The number of carbonyl (C=O) groups is 2. The van der Waals surface area contributed by atoms with Crippen molar-refractivity contribution >= 4 is 35.2 Å². The standard InChI is InChI=1S/C26H30ClFN4O2/c1-17-10-20(25(11-24(17)27)29-18(2)33)6-9-26(34)32-22-13-30(3)14-23(32)16-31(15-22)12-19-4-7-21(28)8-5-19/h4-11,22-23H,12-16H2,1-3H3,(H,29,33). The first-order chi connectivity index (χ1) is 16.2. The van der Waals surface area contributed by atoms with Gasteiger partial charge in [-0.1, -0.05) is 23.7 Å². The Morgan fingerprint density at radius 2 is 1.76 bits per heavy atom. The number of carbonyl (C=O) groups excluding carboxylic acids is 2. The zero-order valence-corrected chi connectivity index (χ0v) is 20.5. The van der Waals surface area contributed by atoms with E-state index in [0.29, 0.717) is 10.7 Å². The van der Waals surface area contributed by atoms with Crippen LogP contribution in [0.3, 0.4) is 0 Å². The number of anilines is 1. The molecule has 0 spiro atoms. The van der Waals surface area contributed by atoms with Crippen molar-refractivity contribution in [1.82, 2.24) is 14.7 Å². The van der Waals surface area contributed by atoms with Gasteiger partial charge in [0.05, 0.1) is 12.1 Å². The van der Waals surface area contributed by atoms with Gasteiger partial charge in [-0.3, -0.25) is 14.5 Å². The van der Waals surface area contributed by atoms with Gasteiger partial charge >= 0.3 is 0 Å². The Morgan fingerprint density at radius 3 is 2.38 bits per heavy atom. The van der Waals surface area contributed by atoms with Gasteiger partial charge in [0.2, 0.25) is 11.8 Å². The molecule has 2 aromatic rings. The normalized spacial score (nSPS) is 21.1. The number of benzene rings is 2. The van der Waals surface area contributed by atoms with Crippen LogP contribution < -0.4 is 5.32 Å². The molecule has 2 aromatic carbocycles. The quantitative estimate of drug-likeness (QED) is 0.656. The molecule has 2 atom stereocenters. The third-order valence-corrected chi connectivity index (χ3v) is 6.80. The van der Waals surface area contributed by atoms with Crippen molar-refractivity contribution in [2.75, 3.05) is 38.5 Å². The molecule has 0 aliphatic carbocycles. The lowest BCUT2D eigenvalue weighted by Crippen LogP contribution is -2.68. The van der Waals surface area contributed by atoms with E-state index in [4.69, 9.17) is 11.6 Å². The zero-order chi connectivity index (χ0) is 24.4. The Labute approximate surface area is 205 Å². The van der Waals surface area contributed by atoms with Gasteiger partial charge in [0, 0.05) is 56.4 Å². The number of rotatable bonds is 5. The molecule has 2 amide bonds. The SMILES string of the molecule is CC(=O)Nc1cc(Cl)c(C)cc1C=CC(=O)N1C2CN(C)CC1CN(Cc1ccc(F)cc1)C2. The largest absolute Gasteiger partial charge is 0.328 e. The summed E-state index contributed by atoms with van der Waals surface area (Å²) in [6, 6.07) is 10.3. The first-order valence-corrected chi connectivity index (χ1v) is 11.8. The van der Waals surface area contributed by atoms with Crippen LogP contribution in [0.1, 0.15) is 23.6 Å². The van der Waals surface area contributed by atoms with E-state index >= 15 is 0 Å². The summed E-state index contributed by atoms with van der Waals surface area (Å²) in [5.41, 5.74) is 3.26. The Hall–Kier alpha value is -2.74. The van der Waals surface area contributed by atoms with Crippen LogP contribution in [-0.2, 0) is 16.1 Å². The molecule has 2 fully saturated rings. The van der Waals surface area contributed by atoms with Crippen LogP contribution in [0.4, 0.5) is 10.1 Å². The van der Waals surface area contributed by atoms with Crippen LogP contribution >= 0.6 is 11.6 Å². The lowest BCUT2D eigenvalue weighted by atomic mass is 9.99. The maximum Gasteiger partial charge on any atom is 0.247 e. The second-order valence-electron chi connectivity index (χ2n) is 9.30. The summed E-state index contributed by atoms with van der Waals surface area (Å²) in [4.78, 5) is 31.6. The minimum absolute atomic E-state index is 0.0362. The Morgan fingerprint density at radius 1 is 1.12 bits per heavy atom. The van der Waals surface area contributed by atoms with Crippen LogP contribution in [0.25, 0.3) is 6.08 Å². The number of piperazine rings is 2. The van der Waals surface area contributed by atoms with Gasteiger partial charge in [0.15, 0.2) is 0 Å². The fourth-order valence-electron chi connectivity index (χ4n) is 4.95. The number of likely N-dealkylation sites (N-methyl/N-ethyl adjacent to an activating group) is 1. The maximum absolute atomic E-state index is 13.3. The molecule has 2 bridgehead atoms. The predicted molar refractivity (Wildman–Crippen MR) is 133 cm³/mol. The Balaban J connectivity index is 1.50. The second-order valence-corrected chi connectivity index (χ2v) is 9.71. The average Bonchev–Trinajstić information content (AvgIpc) is 2.75. The number of fused-ring (bicyclic) bond motifs is 2. The van der Waals surface area contributed by atoms with E-state index in [1.165, 1.54) is 19.1 Å². The summed E-state index contributed by atoms with van der Waals surface area (Å²) >= 11 is 6.23. The van der Waals surface area contributed by atoms with Crippen molar-refractivity contribution < 1.29 is 14.0 Å². The molecule has 2 saturated heterocycles. The van der Waals surface area contributed by atoms with Crippen molar-refractivity contribution in [2.45, 2.75) is 32.5 Å². The number of hydrogen-bond donors (Lipinski definition) is 1. The fraction of sp³-hybridized carbons (Fsp3) is 0.385. The summed E-state index contributed by atoms with van der Waals surface area (Å²) in [6.45, 7) is 7.18. The molecule has 0 aromatic heterocycles. The number of halogens is 2. The number of aryl methyl sites for hydroxylation is 1. The number of nitrogens with one attached hydrogen (secondary N) is 1. The van der Waals surface area contributed by atoms with E-state index in [0.717, 1.165) is 49.4 Å². The van der Waals surface area contributed by atoms with Crippen LogP contribution in [-0.4, -0.2) is 71.8 Å². The third kappa shape index (κ3) is 5.66. The van der Waals surface area contributed by atoms with Crippen LogP contribution in [0.15, 0.2) is 42.5 Å². The number of amides is 2. The predicted octanol–water partition coefficient (Wildman–Crippen LogP) is 3.79. The number of hydrogen-bond acceptors (Lipinski definition) is 4. The molecule has 0 radical (unpaired) electrons. The van der Waals surface area contributed by atoms with Gasteiger partial charge in [-0.2, -0.15) is 0 Å². The molecular weight excluding hydrogens is 455 g/mol. The molecular formula is C26H30ClFN4O2. The second kappa shape index (κ2) is 10.3. The van der Waals surface area contributed by atoms with Gasteiger partial charge in [0.25, 0.3) is 0 Å². The Bertz CT molecular complexity index is 1090. The topological polar surface area (TPSA) is 55.9 Å². The fourth-order valence-corrected chi connectivity index (χ4v) is 5.12. The number of nitrogens with zero attached hydrogens (tertiary/aromatic N) is 3. The monoisotopic (exact) mass is 484 g/mol. The van der Waals surface area contributed by atoms with Gasteiger partial charge in [-0.05, 0) is 61.0 Å². The maximum atomic E-state index is 13.3. The van der Waals surface area contributed by atoms with Crippen LogP contribution in [0.2, 0.25) is 5.02 Å².